The van der Waals surface area contributed by atoms with E-state index in [1.54, 1.807) is 11.3 Å². The predicted octanol–water partition coefficient (Wildman–Crippen LogP) is 1.98. The summed E-state index contributed by atoms with van der Waals surface area (Å²) in [6, 6.07) is 1.94. The van der Waals surface area contributed by atoms with Crippen molar-refractivity contribution in [1.29, 1.82) is 0 Å². The summed E-state index contributed by atoms with van der Waals surface area (Å²) in [5.74, 6) is 7.90. The summed E-state index contributed by atoms with van der Waals surface area (Å²) in [6.45, 7) is 5.55. The SMILES string of the molecule is CC(C)C1CC(=O)N(Cc2nc(NN)c3ccsc3n2)C1. The summed E-state index contributed by atoms with van der Waals surface area (Å²) in [6.07, 6.45) is 0.626. The van der Waals surface area contributed by atoms with Crippen LogP contribution in [-0.2, 0) is 11.3 Å². The molecule has 7 heteroatoms. The number of carbonyl (C=O) groups excluding carboxylic acids is 1. The van der Waals surface area contributed by atoms with Crippen LogP contribution in [0.25, 0.3) is 10.2 Å². The molecule has 112 valence electrons. The first-order valence-electron chi connectivity index (χ1n) is 7.07. The molecule has 2 aromatic rings. The van der Waals surface area contributed by atoms with Crippen molar-refractivity contribution < 1.29 is 4.79 Å². The number of carbonyl (C=O) groups is 1. The minimum absolute atomic E-state index is 0.186. The first kappa shape index (κ1) is 14.2. The van der Waals surface area contributed by atoms with Gasteiger partial charge < -0.3 is 10.3 Å². The normalized spacial score (nSPS) is 19.0. The number of rotatable bonds is 4. The molecule has 1 atom stereocenters. The Morgan fingerprint density at radius 2 is 2.33 bits per heavy atom. The molecule has 2 aromatic heterocycles. The molecule has 1 saturated heterocycles. The second-order valence-electron chi connectivity index (χ2n) is 5.75. The van der Waals surface area contributed by atoms with Crippen molar-refractivity contribution in [3.8, 4) is 0 Å². The van der Waals surface area contributed by atoms with E-state index in [1.807, 2.05) is 16.3 Å². The Labute approximate surface area is 127 Å². The van der Waals surface area contributed by atoms with Gasteiger partial charge in [0.15, 0.2) is 11.6 Å². The summed E-state index contributed by atoms with van der Waals surface area (Å²) in [4.78, 5) is 23.8. The van der Waals surface area contributed by atoms with Gasteiger partial charge in [-0.15, -0.1) is 11.3 Å². The molecular weight excluding hydrogens is 286 g/mol. The van der Waals surface area contributed by atoms with Crippen molar-refractivity contribution in [3.05, 3.63) is 17.3 Å². The van der Waals surface area contributed by atoms with Crippen molar-refractivity contribution in [3.63, 3.8) is 0 Å². The Balaban J connectivity index is 1.83. The van der Waals surface area contributed by atoms with Crippen molar-refractivity contribution >= 4 is 33.3 Å². The Kier molecular flexibility index (Phi) is 3.77. The number of anilines is 1. The number of likely N-dealkylation sites (tertiary alicyclic amines) is 1. The van der Waals surface area contributed by atoms with E-state index >= 15 is 0 Å². The number of hydrogen-bond acceptors (Lipinski definition) is 6. The lowest BCUT2D eigenvalue weighted by atomic mass is 9.95. The number of fused-ring (bicyclic) bond motifs is 1. The van der Waals surface area contributed by atoms with E-state index in [2.05, 4.69) is 29.2 Å². The zero-order chi connectivity index (χ0) is 15.0. The van der Waals surface area contributed by atoms with E-state index in [4.69, 9.17) is 5.84 Å². The molecule has 1 aliphatic heterocycles. The molecule has 3 heterocycles. The maximum atomic E-state index is 12.1. The van der Waals surface area contributed by atoms with Crippen molar-refractivity contribution in [2.45, 2.75) is 26.8 Å². The molecular formula is C14H19N5OS. The topological polar surface area (TPSA) is 84.1 Å². The fraction of sp³-hybridized carbons (Fsp3) is 0.500. The van der Waals surface area contributed by atoms with Crippen LogP contribution in [-0.4, -0.2) is 27.3 Å². The van der Waals surface area contributed by atoms with Gasteiger partial charge in [0, 0.05) is 13.0 Å². The molecule has 0 spiro atoms. The van der Waals surface area contributed by atoms with E-state index in [9.17, 15) is 4.79 Å². The molecule has 0 aromatic carbocycles. The minimum Gasteiger partial charge on any atom is -0.335 e. The third-order valence-corrected chi connectivity index (χ3v) is 4.83. The van der Waals surface area contributed by atoms with E-state index in [0.717, 1.165) is 16.8 Å². The number of nitrogen functional groups attached to an aromatic ring is 1. The van der Waals surface area contributed by atoms with Gasteiger partial charge in [0.2, 0.25) is 5.91 Å². The highest BCUT2D eigenvalue weighted by Gasteiger charge is 2.31. The number of thiophene rings is 1. The molecule has 0 aliphatic carbocycles. The zero-order valence-electron chi connectivity index (χ0n) is 12.2. The molecule has 21 heavy (non-hydrogen) atoms. The Bertz CT molecular complexity index is 668. The largest absolute Gasteiger partial charge is 0.335 e. The van der Waals surface area contributed by atoms with Gasteiger partial charge in [-0.2, -0.15) is 0 Å². The minimum atomic E-state index is 0.186. The maximum absolute atomic E-state index is 12.1. The van der Waals surface area contributed by atoms with Gasteiger partial charge in [0.1, 0.15) is 4.83 Å². The average molecular weight is 305 g/mol. The second kappa shape index (κ2) is 5.57. The van der Waals surface area contributed by atoms with Crippen LogP contribution < -0.4 is 11.3 Å². The first-order chi connectivity index (χ1) is 10.1. The molecule has 0 radical (unpaired) electrons. The number of aromatic nitrogens is 2. The third-order valence-electron chi connectivity index (χ3n) is 4.03. The molecule has 1 amide bonds. The molecule has 3 rings (SSSR count). The van der Waals surface area contributed by atoms with E-state index in [-0.39, 0.29) is 5.91 Å². The molecule has 6 nitrogen and oxygen atoms in total. The molecule has 3 N–H and O–H groups in total. The van der Waals surface area contributed by atoms with E-state index in [1.165, 1.54) is 0 Å². The van der Waals surface area contributed by atoms with Gasteiger partial charge >= 0.3 is 0 Å². The van der Waals surface area contributed by atoms with Crippen LogP contribution in [0.2, 0.25) is 0 Å². The smallest absolute Gasteiger partial charge is 0.223 e. The Morgan fingerprint density at radius 1 is 1.52 bits per heavy atom. The van der Waals surface area contributed by atoms with E-state index < -0.39 is 0 Å². The zero-order valence-corrected chi connectivity index (χ0v) is 13.0. The number of nitrogens with two attached hydrogens (primary N) is 1. The van der Waals surface area contributed by atoms with Gasteiger partial charge in [-0.25, -0.2) is 15.8 Å². The lowest BCUT2D eigenvalue weighted by Crippen LogP contribution is -2.26. The molecule has 1 unspecified atom stereocenters. The van der Waals surface area contributed by atoms with Crippen LogP contribution in [0.5, 0.6) is 0 Å². The van der Waals surface area contributed by atoms with Gasteiger partial charge in [-0.3, -0.25) is 4.79 Å². The van der Waals surface area contributed by atoms with Crippen LogP contribution >= 0.6 is 11.3 Å². The highest BCUT2D eigenvalue weighted by Crippen LogP contribution is 2.28. The van der Waals surface area contributed by atoms with Crippen molar-refractivity contribution in [1.82, 2.24) is 14.9 Å². The highest BCUT2D eigenvalue weighted by molar-refractivity contribution is 7.16. The monoisotopic (exact) mass is 305 g/mol. The number of hydrogen-bond donors (Lipinski definition) is 2. The van der Waals surface area contributed by atoms with Crippen LogP contribution in [0.3, 0.4) is 0 Å². The number of amides is 1. The lowest BCUT2D eigenvalue weighted by Gasteiger charge is -2.17. The summed E-state index contributed by atoms with van der Waals surface area (Å²) in [5, 5.41) is 2.87. The Hall–Kier alpha value is -1.73. The fourth-order valence-corrected chi connectivity index (χ4v) is 3.44. The predicted molar refractivity (Wildman–Crippen MR) is 83.6 cm³/mol. The molecule has 1 fully saturated rings. The quantitative estimate of drug-likeness (QED) is 0.666. The molecule has 0 saturated carbocycles. The second-order valence-corrected chi connectivity index (χ2v) is 6.65. The summed E-state index contributed by atoms with van der Waals surface area (Å²) in [7, 11) is 0. The van der Waals surface area contributed by atoms with Crippen LogP contribution in [0.4, 0.5) is 5.82 Å². The number of nitrogens with one attached hydrogen (secondary N) is 1. The third kappa shape index (κ3) is 2.71. The van der Waals surface area contributed by atoms with Crippen LogP contribution in [0, 0.1) is 11.8 Å². The average Bonchev–Trinajstić information content (AvgIpc) is 3.05. The molecule has 0 bridgehead atoms. The van der Waals surface area contributed by atoms with Gasteiger partial charge in [-0.1, -0.05) is 13.8 Å². The summed E-state index contributed by atoms with van der Waals surface area (Å²) < 4.78 is 0. The van der Waals surface area contributed by atoms with E-state index in [0.29, 0.717) is 36.4 Å². The van der Waals surface area contributed by atoms with Crippen LogP contribution in [0.1, 0.15) is 26.1 Å². The van der Waals surface area contributed by atoms with Gasteiger partial charge in [0.05, 0.1) is 11.9 Å². The Morgan fingerprint density at radius 3 is 3.00 bits per heavy atom. The lowest BCUT2D eigenvalue weighted by molar-refractivity contribution is -0.128. The first-order valence-corrected chi connectivity index (χ1v) is 7.95. The highest BCUT2D eigenvalue weighted by atomic mass is 32.1. The van der Waals surface area contributed by atoms with Gasteiger partial charge in [-0.05, 0) is 23.3 Å². The maximum Gasteiger partial charge on any atom is 0.223 e. The fourth-order valence-electron chi connectivity index (χ4n) is 2.65. The summed E-state index contributed by atoms with van der Waals surface area (Å²) >= 11 is 1.55. The van der Waals surface area contributed by atoms with Crippen molar-refractivity contribution in [2.24, 2.45) is 17.7 Å². The van der Waals surface area contributed by atoms with Crippen molar-refractivity contribution in [2.75, 3.05) is 12.0 Å². The number of hydrazine groups is 1. The summed E-state index contributed by atoms with van der Waals surface area (Å²) in [5.41, 5.74) is 2.61. The molecule has 1 aliphatic rings. The van der Waals surface area contributed by atoms with Gasteiger partial charge in [0.25, 0.3) is 0 Å². The van der Waals surface area contributed by atoms with Crippen LogP contribution in [0.15, 0.2) is 11.4 Å². The standard InChI is InChI=1S/C14H19N5OS/c1-8(2)9-5-12(20)19(6-9)7-11-16-13(18-15)10-3-4-21-14(10)17-11/h3-4,8-9H,5-7,15H2,1-2H3,(H,16,17,18). The number of nitrogens with zero attached hydrogens (tertiary/aromatic N) is 3.